The topological polar surface area (TPSA) is 55.8 Å². The van der Waals surface area contributed by atoms with Gasteiger partial charge in [-0.3, -0.25) is 9.69 Å². The number of nitrogens with zero attached hydrogens (tertiary/aromatic N) is 1. The Labute approximate surface area is 200 Å². The summed E-state index contributed by atoms with van der Waals surface area (Å²) in [6.07, 6.45) is -9.22. The van der Waals surface area contributed by atoms with Crippen LogP contribution in [0.4, 0.5) is 32.0 Å². The molecule has 188 valence electrons. The van der Waals surface area contributed by atoms with Gasteiger partial charge in [0.2, 0.25) is 0 Å². The fraction of sp³-hybridized carbons (Fsp3) is 0.280. The number of ether oxygens (including phenoxy) is 2. The monoisotopic (exact) mass is 509 g/mol. The maximum atomic E-state index is 13.4. The highest BCUT2D eigenvalue weighted by atomic mass is 19.4. The van der Waals surface area contributed by atoms with Crippen molar-refractivity contribution in [3.05, 3.63) is 88.2 Å². The van der Waals surface area contributed by atoms with Crippen LogP contribution >= 0.6 is 0 Å². The Morgan fingerprint density at radius 1 is 1.00 bits per heavy atom. The number of alkyl halides is 6. The largest absolute Gasteiger partial charge is 0.473 e. The minimum Gasteiger partial charge on any atom is -0.473 e. The van der Waals surface area contributed by atoms with E-state index < -0.39 is 53.4 Å². The van der Waals surface area contributed by atoms with Gasteiger partial charge in [-0.25, -0.2) is 4.79 Å². The van der Waals surface area contributed by atoms with Crippen molar-refractivity contribution in [1.29, 1.82) is 0 Å². The highest BCUT2D eigenvalue weighted by Crippen LogP contribution is 2.48. The van der Waals surface area contributed by atoms with Gasteiger partial charge >= 0.3 is 18.3 Å². The molecule has 1 amide bonds. The van der Waals surface area contributed by atoms with Gasteiger partial charge in [0, 0.05) is 17.2 Å². The Hall–Kier alpha value is -3.76. The summed E-state index contributed by atoms with van der Waals surface area (Å²) >= 11 is 0. The van der Waals surface area contributed by atoms with Gasteiger partial charge in [0.1, 0.15) is 6.10 Å². The molecule has 1 fully saturated rings. The van der Waals surface area contributed by atoms with Crippen LogP contribution in [0.2, 0.25) is 0 Å². The zero-order chi connectivity index (χ0) is 26.0. The van der Waals surface area contributed by atoms with E-state index in [0.29, 0.717) is 23.5 Å². The number of carbonyl (C=O) groups excluding carboxylic acids is 2. The molecule has 3 unspecified atom stereocenters. The van der Waals surface area contributed by atoms with Crippen LogP contribution in [0.1, 0.15) is 35.3 Å². The normalized spacial score (nSPS) is 24.6. The molecule has 0 N–H and O–H groups in total. The first kappa shape index (κ1) is 24.0. The number of amides is 1. The van der Waals surface area contributed by atoms with Gasteiger partial charge in [-0.05, 0) is 48.7 Å². The number of carbonyl (C=O) groups is 2. The van der Waals surface area contributed by atoms with E-state index in [4.69, 9.17) is 9.47 Å². The average Bonchev–Trinajstić information content (AvgIpc) is 3.40. The van der Waals surface area contributed by atoms with Crippen LogP contribution in [0.3, 0.4) is 0 Å². The number of halogens is 6. The second-order valence-electron chi connectivity index (χ2n) is 8.72. The minimum atomic E-state index is -5.08. The van der Waals surface area contributed by atoms with Crippen molar-refractivity contribution in [3.8, 4) is 0 Å². The van der Waals surface area contributed by atoms with Crippen molar-refractivity contribution in [2.45, 2.75) is 38.0 Å². The summed E-state index contributed by atoms with van der Waals surface area (Å²) < 4.78 is 91.2. The average molecular weight is 509 g/mol. The molecule has 1 saturated heterocycles. The lowest BCUT2D eigenvalue weighted by atomic mass is 9.98. The van der Waals surface area contributed by atoms with Crippen LogP contribution in [-0.4, -0.2) is 18.1 Å². The van der Waals surface area contributed by atoms with E-state index in [1.54, 1.807) is 0 Å². The maximum absolute atomic E-state index is 13.4. The van der Waals surface area contributed by atoms with Crippen LogP contribution in [0.5, 0.6) is 0 Å². The first-order chi connectivity index (χ1) is 16.8. The maximum Gasteiger partial charge on any atom is 0.416 e. The Morgan fingerprint density at radius 2 is 1.64 bits per heavy atom. The summed E-state index contributed by atoms with van der Waals surface area (Å²) in [5.74, 6) is -1.84. The summed E-state index contributed by atoms with van der Waals surface area (Å²) in [4.78, 5) is 25.9. The smallest absolute Gasteiger partial charge is 0.416 e. The van der Waals surface area contributed by atoms with Gasteiger partial charge in [0.15, 0.2) is 6.23 Å². The van der Waals surface area contributed by atoms with Gasteiger partial charge in [0.05, 0.1) is 23.0 Å². The van der Waals surface area contributed by atoms with Crippen LogP contribution in [0.15, 0.2) is 65.9 Å². The first-order valence-electron chi connectivity index (χ1n) is 10.8. The second-order valence-corrected chi connectivity index (χ2v) is 8.72. The van der Waals surface area contributed by atoms with Gasteiger partial charge in [-0.2, -0.15) is 26.3 Å². The molecule has 0 radical (unpaired) electrons. The van der Waals surface area contributed by atoms with E-state index in [9.17, 15) is 35.9 Å². The molecule has 2 aromatic rings. The second kappa shape index (κ2) is 8.14. The molecule has 11 heteroatoms. The highest BCUT2D eigenvalue weighted by Gasteiger charge is 2.47. The quantitative estimate of drug-likeness (QED) is 0.230. The summed E-state index contributed by atoms with van der Waals surface area (Å²) in [7, 11) is 0. The lowest BCUT2D eigenvalue weighted by Crippen LogP contribution is -2.36. The predicted molar refractivity (Wildman–Crippen MR) is 113 cm³/mol. The number of rotatable bonds is 3. The molecule has 2 aliphatic heterocycles. The van der Waals surface area contributed by atoms with Crippen molar-refractivity contribution in [1.82, 2.24) is 0 Å². The zero-order valence-corrected chi connectivity index (χ0v) is 18.5. The summed E-state index contributed by atoms with van der Waals surface area (Å²) in [6.45, 7) is 1.36. The molecular weight excluding hydrogens is 492 g/mol. The molecule has 0 spiro atoms. The van der Waals surface area contributed by atoms with Crippen LogP contribution < -0.4 is 4.90 Å². The Kier molecular flexibility index (Phi) is 5.42. The van der Waals surface area contributed by atoms with E-state index >= 15 is 0 Å². The van der Waals surface area contributed by atoms with Crippen molar-refractivity contribution >= 4 is 17.6 Å². The molecule has 3 aliphatic rings. The van der Waals surface area contributed by atoms with Gasteiger partial charge in [-0.1, -0.05) is 24.3 Å². The molecule has 5 nitrogen and oxygen atoms in total. The Balaban J connectivity index is 1.48. The van der Waals surface area contributed by atoms with Crippen LogP contribution in [0.25, 0.3) is 0 Å². The van der Waals surface area contributed by atoms with E-state index in [0.717, 1.165) is 17.4 Å². The first-order valence-corrected chi connectivity index (χ1v) is 10.8. The predicted octanol–water partition coefficient (Wildman–Crippen LogP) is 5.71. The molecule has 0 aromatic heterocycles. The number of hydrogen-bond acceptors (Lipinski definition) is 4. The molecule has 3 atom stereocenters. The number of anilines is 1. The lowest BCUT2D eigenvalue weighted by Gasteiger charge is -2.26. The number of benzene rings is 2. The summed E-state index contributed by atoms with van der Waals surface area (Å²) in [5.41, 5.74) is -1.69. The summed E-state index contributed by atoms with van der Waals surface area (Å²) in [6, 6.07) is 8.29. The Bertz CT molecular complexity index is 1290. The zero-order valence-electron chi connectivity index (χ0n) is 18.5. The van der Waals surface area contributed by atoms with E-state index in [2.05, 4.69) is 0 Å². The van der Waals surface area contributed by atoms with Gasteiger partial charge in [-0.15, -0.1) is 0 Å². The SMILES string of the molecule is CC1=CC(OC=C2C(=O)OC3c4ccccc4CC23)N(c2cc(C(F)(F)F)cc(C(F)(F)F)c2)C1=O. The van der Waals surface area contributed by atoms with Crippen LogP contribution in [-0.2, 0) is 37.8 Å². The molecular formula is C25H17F6NO4. The number of hydrogen-bond donors (Lipinski definition) is 0. The third-order valence-corrected chi connectivity index (χ3v) is 6.42. The standard InChI is InChI=1S/C25H17F6NO4/c1-12-6-20(35-11-19-18-7-13-4-2-3-5-17(13)21(18)36-23(19)34)32(22(12)33)16-9-14(24(26,27)28)8-15(10-16)25(29,30)31/h2-6,8-11,18,20-21H,7H2,1H3. The summed E-state index contributed by atoms with van der Waals surface area (Å²) in [5, 5.41) is 0. The van der Waals surface area contributed by atoms with E-state index in [-0.39, 0.29) is 23.1 Å². The van der Waals surface area contributed by atoms with Crippen molar-refractivity contribution in [3.63, 3.8) is 0 Å². The van der Waals surface area contributed by atoms with Crippen molar-refractivity contribution < 1.29 is 45.4 Å². The fourth-order valence-electron chi connectivity index (χ4n) is 4.70. The highest BCUT2D eigenvalue weighted by molar-refractivity contribution is 6.08. The molecule has 5 rings (SSSR count). The molecule has 0 saturated carbocycles. The van der Waals surface area contributed by atoms with Crippen molar-refractivity contribution in [2.24, 2.45) is 5.92 Å². The molecule has 36 heavy (non-hydrogen) atoms. The van der Waals surface area contributed by atoms with E-state index in [1.807, 2.05) is 24.3 Å². The van der Waals surface area contributed by atoms with Gasteiger partial charge < -0.3 is 9.47 Å². The lowest BCUT2D eigenvalue weighted by molar-refractivity contribution is -0.143. The molecule has 2 heterocycles. The molecule has 2 aromatic carbocycles. The molecule has 1 aliphatic carbocycles. The number of fused-ring (bicyclic) bond motifs is 3. The molecule has 0 bridgehead atoms. The Morgan fingerprint density at radius 3 is 2.28 bits per heavy atom. The third kappa shape index (κ3) is 4.02. The number of esters is 1. The van der Waals surface area contributed by atoms with Crippen molar-refractivity contribution in [2.75, 3.05) is 4.90 Å². The van der Waals surface area contributed by atoms with E-state index in [1.165, 1.54) is 13.0 Å². The minimum absolute atomic E-state index is 0.0192. The fourth-order valence-corrected chi connectivity index (χ4v) is 4.70. The van der Waals surface area contributed by atoms with Gasteiger partial charge in [0.25, 0.3) is 5.91 Å². The van der Waals surface area contributed by atoms with Crippen LogP contribution in [0, 0.1) is 5.92 Å². The third-order valence-electron chi connectivity index (χ3n) is 6.42.